The van der Waals surface area contributed by atoms with Crippen LogP contribution in [0, 0.1) is 5.41 Å². The van der Waals surface area contributed by atoms with E-state index >= 15 is 0 Å². The van der Waals surface area contributed by atoms with Gasteiger partial charge in [-0.1, -0.05) is 13.8 Å². The van der Waals surface area contributed by atoms with Crippen molar-refractivity contribution in [3.05, 3.63) is 34.6 Å². The molecule has 4 nitrogen and oxygen atoms in total. The van der Waals surface area contributed by atoms with E-state index < -0.39 is 5.41 Å². The summed E-state index contributed by atoms with van der Waals surface area (Å²) in [5.41, 5.74) is 2.69. The molecule has 1 saturated heterocycles. The van der Waals surface area contributed by atoms with E-state index in [-0.39, 0.29) is 17.3 Å². The Morgan fingerprint density at radius 1 is 1.09 bits per heavy atom. The molecule has 0 bridgehead atoms. The number of benzene rings is 1. The number of aliphatic hydroxyl groups is 1. The van der Waals surface area contributed by atoms with Gasteiger partial charge in [-0.3, -0.25) is 4.79 Å². The van der Waals surface area contributed by atoms with Gasteiger partial charge in [-0.15, -0.1) is 0 Å². The van der Waals surface area contributed by atoms with Crippen LogP contribution >= 0.6 is 0 Å². The molecule has 1 aromatic carbocycles. The normalized spacial score (nSPS) is 20.5. The summed E-state index contributed by atoms with van der Waals surface area (Å²) >= 11 is 0. The minimum atomic E-state index is -0.446. The molecule has 0 aromatic heterocycles. The summed E-state index contributed by atoms with van der Waals surface area (Å²) < 4.78 is 5.41. The summed E-state index contributed by atoms with van der Waals surface area (Å²) in [6, 6.07) is 3.41. The lowest BCUT2D eigenvalue weighted by Crippen LogP contribution is -2.29. The van der Waals surface area contributed by atoms with Crippen molar-refractivity contribution >= 4 is 11.4 Å². The number of rotatable bonds is 3. The second-order valence-electron chi connectivity index (χ2n) is 6.56. The van der Waals surface area contributed by atoms with Crippen LogP contribution in [0.1, 0.15) is 49.8 Å². The number of hydrogen-bond donors (Lipinski definition) is 2. The van der Waals surface area contributed by atoms with E-state index in [9.17, 15) is 15.0 Å². The van der Waals surface area contributed by atoms with Crippen molar-refractivity contribution in [1.82, 2.24) is 0 Å². The second-order valence-corrected chi connectivity index (χ2v) is 6.56. The van der Waals surface area contributed by atoms with Gasteiger partial charge in [-0.2, -0.15) is 0 Å². The third-order valence-corrected chi connectivity index (χ3v) is 5.27. The molecule has 0 atom stereocenters. The van der Waals surface area contributed by atoms with Gasteiger partial charge >= 0.3 is 0 Å². The zero-order valence-corrected chi connectivity index (χ0v) is 13.8. The number of ether oxygens (including phenoxy) is 1. The van der Waals surface area contributed by atoms with E-state index in [2.05, 4.69) is 0 Å². The van der Waals surface area contributed by atoms with Gasteiger partial charge in [0.25, 0.3) is 0 Å². The number of phenols is 1. The molecular formula is C19H24O4. The van der Waals surface area contributed by atoms with Gasteiger partial charge in [0.15, 0.2) is 5.78 Å². The zero-order valence-electron chi connectivity index (χ0n) is 13.8. The third kappa shape index (κ3) is 2.55. The SMILES string of the molecule is CCc1cc(O)cc(CC)c1C1=C(O)C2(CCOCC2)CC1=O. The van der Waals surface area contributed by atoms with Crippen molar-refractivity contribution in [3.8, 4) is 5.75 Å². The molecule has 2 aliphatic rings. The maximum Gasteiger partial charge on any atom is 0.167 e. The fourth-order valence-electron chi connectivity index (χ4n) is 3.94. The average molecular weight is 316 g/mol. The van der Waals surface area contributed by atoms with Gasteiger partial charge in [-0.05, 0) is 54.5 Å². The molecular weight excluding hydrogens is 292 g/mol. The van der Waals surface area contributed by atoms with Crippen LogP contribution in [0.2, 0.25) is 0 Å². The molecule has 23 heavy (non-hydrogen) atoms. The number of phenolic OH excluding ortho intramolecular Hbond substituents is 1. The molecule has 124 valence electrons. The highest BCUT2D eigenvalue weighted by Crippen LogP contribution is 2.50. The van der Waals surface area contributed by atoms with Gasteiger partial charge in [0, 0.05) is 25.0 Å². The third-order valence-electron chi connectivity index (χ3n) is 5.27. The summed E-state index contributed by atoms with van der Waals surface area (Å²) in [4.78, 5) is 12.8. The van der Waals surface area contributed by atoms with E-state index in [0.29, 0.717) is 50.9 Å². The Morgan fingerprint density at radius 2 is 1.65 bits per heavy atom. The van der Waals surface area contributed by atoms with Crippen LogP contribution in [-0.4, -0.2) is 29.2 Å². The number of aliphatic hydroxyl groups excluding tert-OH is 1. The van der Waals surface area contributed by atoms with Crippen LogP contribution in [0.15, 0.2) is 17.9 Å². The fourth-order valence-corrected chi connectivity index (χ4v) is 3.94. The Bertz CT molecular complexity index is 641. The van der Waals surface area contributed by atoms with E-state index in [1.807, 2.05) is 13.8 Å². The minimum absolute atomic E-state index is 0.0134. The molecule has 0 unspecified atom stereocenters. The minimum Gasteiger partial charge on any atom is -0.511 e. The summed E-state index contributed by atoms with van der Waals surface area (Å²) in [6.07, 6.45) is 3.16. The lowest BCUT2D eigenvalue weighted by atomic mass is 9.78. The van der Waals surface area contributed by atoms with Crippen molar-refractivity contribution in [2.75, 3.05) is 13.2 Å². The van der Waals surface area contributed by atoms with Crippen LogP contribution in [0.3, 0.4) is 0 Å². The predicted octanol–water partition coefficient (Wildman–Crippen LogP) is 3.56. The first-order valence-electron chi connectivity index (χ1n) is 8.42. The topological polar surface area (TPSA) is 66.8 Å². The highest BCUT2D eigenvalue weighted by molar-refractivity contribution is 6.24. The largest absolute Gasteiger partial charge is 0.511 e. The Labute approximate surface area is 136 Å². The molecule has 0 amide bonds. The molecule has 1 spiro atoms. The fraction of sp³-hybridized carbons (Fsp3) is 0.526. The van der Waals surface area contributed by atoms with E-state index in [0.717, 1.165) is 16.7 Å². The second kappa shape index (κ2) is 6.00. The maximum absolute atomic E-state index is 12.8. The number of carbonyl (C=O) groups is 1. The first kappa shape index (κ1) is 16.1. The van der Waals surface area contributed by atoms with Crippen LogP contribution < -0.4 is 0 Å². The quantitative estimate of drug-likeness (QED) is 0.895. The highest BCUT2D eigenvalue weighted by atomic mass is 16.5. The van der Waals surface area contributed by atoms with Crippen LogP contribution in [0.25, 0.3) is 5.57 Å². The zero-order chi connectivity index (χ0) is 16.6. The predicted molar refractivity (Wildman–Crippen MR) is 88.5 cm³/mol. The molecule has 1 aromatic rings. The van der Waals surface area contributed by atoms with E-state index in [4.69, 9.17) is 4.74 Å². The molecule has 1 aliphatic heterocycles. The van der Waals surface area contributed by atoms with Crippen molar-refractivity contribution < 1.29 is 19.7 Å². The Hall–Kier alpha value is -1.81. The monoisotopic (exact) mass is 316 g/mol. The number of Topliss-reactive ketones (excluding diaryl/α,β-unsaturated/α-hetero) is 1. The van der Waals surface area contributed by atoms with Crippen molar-refractivity contribution in [3.63, 3.8) is 0 Å². The molecule has 0 saturated carbocycles. The first-order valence-corrected chi connectivity index (χ1v) is 8.42. The number of ketones is 1. The molecule has 1 fully saturated rings. The first-order chi connectivity index (χ1) is 11.0. The highest BCUT2D eigenvalue weighted by Gasteiger charge is 2.47. The van der Waals surface area contributed by atoms with Gasteiger partial charge in [0.1, 0.15) is 11.5 Å². The molecule has 1 heterocycles. The van der Waals surface area contributed by atoms with Gasteiger partial charge in [0.2, 0.25) is 0 Å². The van der Waals surface area contributed by atoms with E-state index in [1.165, 1.54) is 0 Å². The van der Waals surface area contributed by atoms with Crippen molar-refractivity contribution in [2.24, 2.45) is 5.41 Å². The lowest BCUT2D eigenvalue weighted by molar-refractivity contribution is -0.115. The molecule has 1 aliphatic carbocycles. The number of carbonyl (C=O) groups excluding carboxylic acids is 1. The lowest BCUT2D eigenvalue weighted by Gasteiger charge is -2.32. The van der Waals surface area contributed by atoms with Crippen LogP contribution in [-0.2, 0) is 22.4 Å². The van der Waals surface area contributed by atoms with Gasteiger partial charge in [0.05, 0.1) is 5.57 Å². The number of hydrogen-bond acceptors (Lipinski definition) is 4. The Morgan fingerprint density at radius 3 is 2.17 bits per heavy atom. The molecule has 4 heteroatoms. The summed E-state index contributed by atoms with van der Waals surface area (Å²) in [5.74, 6) is 0.467. The van der Waals surface area contributed by atoms with Crippen LogP contribution in [0.5, 0.6) is 5.75 Å². The standard InChI is InChI=1S/C19H24O4/c1-3-12-9-14(20)10-13(4-2)16(12)17-15(21)11-19(18(17)22)5-7-23-8-6-19/h9-10,20,22H,3-8,11H2,1-2H3. The molecule has 0 radical (unpaired) electrons. The number of allylic oxidation sites excluding steroid dienone is 2. The summed E-state index contributed by atoms with van der Waals surface area (Å²) in [5, 5.41) is 20.9. The Balaban J connectivity index is 2.19. The van der Waals surface area contributed by atoms with Crippen molar-refractivity contribution in [1.29, 1.82) is 0 Å². The van der Waals surface area contributed by atoms with Gasteiger partial charge in [-0.25, -0.2) is 0 Å². The van der Waals surface area contributed by atoms with E-state index in [1.54, 1.807) is 12.1 Å². The molecule has 2 N–H and O–H groups in total. The molecule has 3 rings (SSSR count). The smallest absolute Gasteiger partial charge is 0.167 e. The Kier molecular flexibility index (Phi) is 4.19. The van der Waals surface area contributed by atoms with Gasteiger partial charge < -0.3 is 14.9 Å². The average Bonchev–Trinajstić information content (AvgIpc) is 2.78. The van der Waals surface area contributed by atoms with Crippen LogP contribution in [0.4, 0.5) is 0 Å². The maximum atomic E-state index is 12.8. The summed E-state index contributed by atoms with van der Waals surface area (Å²) in [6.45, 7) is 5.17. The number of aromatic hydroxyl groups is 1. The van der Waals surface area contributed by atoms with Crippen molar-refractivity contribution in [2.45, 2.75) is 46.0 Å². The summed E-state index contributed by atoms with van der Waals surface area (Å²) in [7, 11) is 0. The number of aryl methyl sites for hydroxylation is 2.